The van der Waals surface area contributed by atoms with Crippen molar-refractivity contribution in [3.8, 4) is 0 Å². The normalized spacial score (nSPS) is 14.7. The third-order valence-electron chi connectivity index (χ3n) is 3.21. The van der Waals surface area contributed by atoms with E-state index in [1.807, 2.05) is 19.2 Å². The zero-order valence-electron chi connectivity index (χ0n) is 10.6. The molecule has 0 aromatic heterocycles. The van der Waals surface area contributed by atoms with Gasteiger partial charge in [0.1, 0.15) is 0 Å². The van der Waals surface area contributed by atoms with Gasteiger partial charge in [0.05, 0.1) is 6.54 Å². The largest absolute Gasteiger partial charge is 0.340 e. The lowest BCUT2D eigenvalue weighted by Crippen LogP contribution is -2.36. The minimum Gasteiger partial charge on any atom is -0.340 e. The Hall–Kier alpha value is -1.35. The summed E-state index contributed by atoms with van der Waals surface area (Å²) in [5.74, 6) is 0.167. The second-order valence-electron chi connectivity index (χ2n) is 4.83. The number of carbonyl (C=O) groups excluding carboxylic acids is 1. The van der Waals surface area contributed by atoms with Gasteiger partial charge in [0.15, 0.2) is 0 Å². The van der Waals surface area contributed by atoms with Crippen molar-refractivity contribution in [1.29, 1.82) is 0 Å². The van der Waals surface area contributed by atoms with Crippen LogP contribution in [0.5, 0.6) is 0 Å². The second kappa shape index (κ2) is 5.32. The van der Waals surface area contributed by atoms with Crippen molar-refractivity contribution in [2.45, 2.75) is 32.4 Å². The number of aryl methyl sites for hydroxylation is 1. The lowest BCUT2D eigenvalue weighted by Gasteiger charge is -2.18. The van der Waals surface area contributed by atoms with Crippen molar-refractivity contribution in [1.82, 2.24) is 10.2 Å². The molecule has 1 aromatic rings. The molecule has 92 valence electrons. The predicted octanol–water partition coefficient (Wildman–Crippen LogP) is 1.71. The van der Waals surface area contributed by atoms with E-state index in [1.54, 1.807) is 4.90 Å². The van der Waals surface area contributed by atoms with Crippen molar-refractivity contribution < 1.29 is 4.79 Å². The smallest absolute Gasteiger partial charge is 0.236 e. The van der Waals surface area contributed by atoms with Crippen LogP contribution in [0.15, 0.2) is 24.3 Å². The molecular formula is C14H20N2O. The number of carbonyl (C=O) groups is 1. The van der Waals surface area contributed by atoms with Gasteiger partial charge in [0, 0.05) is 19.6 Å². The Labute approximate surface area is 103 Å². The van der Waals surface area contributed by atoms with Gasteiger partial charge in [-0.05, 0) is 30.9 Å². The molecule has 1 fully saturated rings. The molecule has 3 nitrogen and oxygen atoms in total. The number of amides is 1. The van der Waals surface area contributed by atoms with Gasteiger partial charge >= 0.3 is 0 Å². The number of hydrogen-bond donors (Lipinski definition) is 1. The molecule has 3 heteroatoms. The van der Waals surface area contributed by atoms with Crippen LogP contribution in [0.2, 0.25) is 0 Å². The van der Waals surface area contributed by atoms with Crippen LogP contribution in [0.25, 0.3) is 0 Å². The maximum atomic E-state index is 11.9. The van der Waals surface area contributed by atoms with E-state index >= 15 is 0 Å². The first kappa shape index (κ1) is 12.1. The molecule has 0 atom stereocenters. The molecule has 1 aliphatic rings. The molecule has 1 aromatic carbocycles. The van der Waals surface area contributed by atoms with Gasteiger partial charge in [-0.2, -0.15) is 0 Å². The van der Waals surface area contributed by atoms with Crippen molar-refractivity contribution in [2.75, 3.05) is 13.6 Å². The Morgan fingerprint density at radius 3 is 2.76 bits per heavy atom. The quantitative estimate of drug-likeness (QED) is 0.838. The molecule has 1 saturated carbocycles. The first-order valence-corrected chi connectivity index (χ1v) is 6.18. The van der Waals surface area contributed by atoms with Crippen LogP contribution in [0.4, 0.5) is 0 Å². The van der Waals surface area contributed by atoms with Gasteiger partial charge in [-0.3, -0.25) is 4.79 Å². The standard InChI is InChI=1S/C14H20N2O/c1-11-5-3-4-6-12(11)10-16(2)14(17)9-15-13-7-8-13/h3-6,13,15H,7-10H2,1-2H3. The lowest BCUT2D eigenvalue weighted by atomic mass is 10.1. The summed E-state index contributed by atoms with van der Waals surface area (Å²) < 4.78 is 0. The number of nitrogens with one attached hydrogen (secondary N) is 1. The fourth-order valence-electron chi connectivity index (χ4n) is 1.79. The lowest BCUT2D eigenvalue weighted by molar-refractivity contribution is -0.129. The molecule has 1 amide bonds. The molecule has 0 saturated heterocycles. The fourth-order valence-corrected chi connectivity index (χ4v) is 1.79. The Balaban J connectivity index is 1.84. The van der Waals surface area contributed by atoms with Crippen molar-refractivity contribution in [2.24, 2.45) is 0 Å². The number of hydrogen-bond acceptors (Lipinski definition) is 2. The first-order chi connectivity index (χ1) is 8.16. The molecule has 1 N–H and O–H groups in total. The van der Waals surface area contributed by atoms with Crippen LogP contribution in [0.1, 0.15) is 24.0 Å². The van der Waals surface area contributed by atoms with Gasteiger partial charge in [0.2, 0.25) is 5.91 Å². The van der Waals surface area contributed by atoms with E-state index in [4.69, 9.17) is 0 Å². The molecule has 0 radical (unpaired) electrons. The highest BCUT2D eigenvalue weighted by Crippen LogP contribution is 2.18. The van der Waals surface area contributed by atoms with E-state index in [1.165, 1.54) is 24.0 Å². The highest BCUT2D eigenvalue weighted by Gasteiger charge is 2.22. The topological polar surface area (TPSA) is 32.3 Å². The maximum absolute atomic E-state index is 11.9. The molecular weight excluding hydrogens is 212 g/mol. The van der Waals surface area contributed by atoms with Gasteiger partial charge < -0.3 is 10.2 Å². The van der Waals surface area contributed by atoms with Gasteiger partial charge in [0.25, 0.3) is 0 Å². The van der Waals surface area contributed by atoms with Crippen LogP contribution in [-0.2, 0) is 11.3 Å². The van der Waals surface area contributed by atoms with E-state index in [0.29, 0.717) is 19.1 Å². The molecule has 17 heavy (non-hydrogen) atoms. The molecule has 0 heterocycles. The van der Waals surface area contributed by atoms with Crippen molar-refractivity contribution >= 4 is 5.91 Å². The molecule has 0 spiro atoms. The fraction of sp³-hybridized carbons (Fsp3) is 0.500. The highest BCUT2D eigenvalue weighted by molar-refractivity contribution is 5.78. The zero-order chi connectivity index (χ0) is 12.3. The van der Waals surface area contributed by atoms with Gasteiger partial charge in [-0.15, -0.1) is 0 Å². The molecule has 0 bridgehead atoms. The molecule has 0 aliphatic heterocycles. The second-order valence-corrected chi connectivity index (χ2v) is 4.83. The average molecular weight is 232 g/mol. The van der Waals surface area contributed by atoms with Crippen LogP contribution < -0.4 is 5.32 Å². The number of nitrogens with zero attached hydrogens (tertiary/aromatic N) is 1. The van der Waals surface area contributed by atoms with Gasteiger partial charge in [-0.1, -0.05) is 24.3 Å². The van der Waals surface area contributed by atoms with E-state index in [2.05, 4.69) is 24.4 Å². The first-order valence-electron chi connectivity index (χ1n) is 6.18. The Bertz CT molecular complexity index is 399. The summed E-state index contributed by atoms with van der Waals surface area (Å²) >= 11 is 0. The zero-order valence-corrected chi connectivity index (χ0v) is 10.6. The summed E-state index contributed by atoms with van der Waals surface area (Å²) in [6, 6.07) is 8.79. The van der Waals surface area contributed by atoms with E-state index < -0.39 is 0 Å². The maximum Gasteiger partial charge on any atom is 0.236 e. The summed E-state index contributed by atoms with van der Waals surface area (Å²) in [6.07, 6.45) is 2.43. The number of rotatable bonds is 5. The minimum atomic E-state index is 0.167. The van der Waals surface area contributed by atoms with E-state index in [-0.39, 0.29) is 5.91 Å². The Morgan fingerprint density at radius 2 is 2.12 bits per heavy atom. The summed E-state index contributed by atoms with van der Waals surface area (Å²) in [7, 11) is 1.86. The minimum absolute atomic E-state index is 0.167. The Morgan fingerprint density at radius 1 is 1.41 bits per heavy atom. The number of likely N-dealkylation sites (N-methyl/N-ethyl adjacent to an activating group) is 1. The van der Waals surface area contributed by atoms with Crippen molar-refractivity contribution in [3.05, 3.63) is 35.4 Å². The molecule has 1 aliphatic carbocycles. The van der Waals surface area contributed by atoms with Crippen LogP contribution >= 0.6 is 0 Å². The van der Waals surface area contributed by atoms with Gasteiger partial charge in [-0.25, -0.2) is 0 Å². The summed E-state index contributed by atoms with van der Waals surface area (Å²) in [5.41, 5.74) is 2.46. The summed E-state index contributed by atoms with van der Waals surface area (Å²) in [5, 5.41) is 3.25. The van der Waals surface area contributed by atoms with Crippen molar-refractivity contribution in [3.63, 3.8) is 0 Å². The number of benzene rings is 1. The SMILES string of the molecule is Cc1ccccc1CN(C)C(=O)CNC1CC1. The highest BCUT2D eigenvalue weighted by atomic mass is 16.2. The van der Waals surface area contributed by atoms with Crippen LogP contribution in [0, 0.1) is 6.92 Å². The predicted molar refractivity (Wildman–Crippen MR) is 68.7 cm³/mol. The monoisotopic (exact) mass is 232 g/mol. The van der Waals surface area contributed by atoms with Crippen LogP contribution in [-0.4, -0.2) is 30.4 Å². The summed E-state index contributed by atoms with van der Waals surface area (Å²) in [4.78, 5) is 13.6. The van der Waals surface area contributed by atoms with Crippen LogP contribution in [0.3, 0.4) is 0 Å². The third kappa shape index (κ3) is 3.56. The summed E-state index contributed by atoms with van der Waals surface area (Å²) in [6.45, 7) is 3.24. The third-order valence-corrected chi connectivity index (χ3v) is 3.21. The Kier molecular flexibility index (Phi) is 3.79. The molecule has 0 unspecified atom stereocenters. The van der Waals surface area contributed by atoms with E-state index in [9.17, 15) is 4.79 Å². The van der Waals surface area contributed by atoms with E-state index in [0.717, 1.165) is 0 Å². The molecule has 2 rings (SSSR count). The average Bonchev–Trinajstić information content (AvgIpc) is 3.13.